The molecular weight excluding hydrogens is 289 g/mol. The summed E-state index contributed by atoms with van der Waals surface area (Å²) >= 11 is 0. The van der Waals surface area contributed by atoms with Gasteiger partial charge in [-0.3, -0.25) is 10.1 Å². The Morgan fingerprint density at radius 2 is 1.90 bits per heavy atom. The number of rotatable bonds is 5. The van der Waals surface area contributed by atoms with Gasteiger partial charge in [0.05, 0.1) is 11.0 Å². The molecule has 1 atom stereocenters. The number of alkyl halides is 3. The van der Waals surface area contributed by atoms with Crippen molar-refractivity contribution in [2.75, 3.05) is 11.4 Å². The highest BCUT2D eigenvalue weighted by Crippen LogP contribution is 2.34. The minimum absolute atomic E-state index is 0.114. The van der Waals surface area contributed by atoms with Crippen LogP contribution in [0.4, 0.5) is 24.5 Å². The number of aliphatic hydroxyl groups is 1. The highest BCUT2D eigenvalue weighted by molar-refractivity contribution is 5.65. The summed E-state index contributed by atoms with van der Waals surface area (Å²) in [6.45, 7) is 3.20. The molecule has 0 heterocycles. The summed E-state index contributed by atoms with van der Waals surface area (Å²) in [5.74, 6) is 0. The number of aliphatic hydroxyl groups excluding tert-OH is 1. The topological polar surface area (TPSA) is 66.6 Å². The number of nitro benzene ring substituents is 1. The molecule has 1 aromatic rings. The zero-order valence-corrected chi connectivity index (χ0v) is 11.9. The lowest BCUT2D eigenvalue weighted by molar-refractivity contribution is -0.384. The fraction of sp³-hybridized carbons (Fsp3) is 0.538. The van der Waals surface area contributed by atoms with Gasteiger partial charge in [0.2, 0.25) is 0 Å². The molecule has 0 bridgehead atoms. The first-order chi connectivity index (χ1) is 9.53. The SMILES string of the molecule is CC(O)c1ccc(N(CC(F)(F)F)C(C)C)c([N+](=O)[O-])c1. The second kappa shape index (κ2) is 6.30. The van der Waals surface area contributed by atoms with Crippen LogP contribution in [-0.4, -0.2) is 28.8 Å². The fourth-order valence-electron chi connectivity index (χ4n) is 1.93. The molecule has 5 nitrogen and oxygen atoms in total. The van der Waals surface area contributed by atoms with Crippen molar-refractivity contribution in [3.05, 3.63) is 33.9 Å². The van der Waals surface area contributed by atoms with E-state index in [1.165, 1.54) is 32.9 Å². The average Bonchev–Trinajstić information content (AvgIpc) is 2.33. The van der Waals surface area contributed by atoms with Gasteiger partial charge in [-0.1, -0.05) is 6.07 Å². The Bertz CT molecular complexity index is 516. The van der Waals surface area contributed by atoms with Crippen molar-refractivity contribution in [2.24, 2.45) is 0 Å². The van der Waals surface area contributed by atoms with E-state index < -0.39 is 35.5 Å². The summed E-state index contributed by atoms with van der Waals surface area (Å²) in [6.07, 6.45) is -5.41. The number of anilines is 1. The zero-order chi connectivity index (χ0) is 16.4. The maximum Gasteiger partial charge on any atom is 0.405 e. The van der Waals surface area contributed by atoms with E-state index in [1.807, 2.05) is 0 Å². The van der Waals surface area contributed by atoms with Gasteiger partial charge in [0, 0.05) is 12.1 Å². The van der Waals surface area contributed by atoms with Gasteiger partial charge in [0.1, 0.15) is 12.2 Å². The Kier molecular flexibility index (Phi) is 5.16. The van der Waals surface area contributed by atoms with Crippen LogP contribution in [0.5, 0.6) is 0 Å². The van der Waals surface area contributed by atoms with Crippen molar-refractivity contribution in [3.8, 4) is 0 Å². The van der Waals surface area contributed by atoms with Crippen LogP contribution in [-0.2, 0) is 0 Å². The van der Waals surface area contributed by atoms with Crippen molar-refractivity contribution in [3.63, 3.8) is 0 Å². The molecule has 0 saturated carbocycles. The maximum absolute atomic E-state index is 12.6. The standard InChI is InChI=1S/C13H17F3N2O3/c1-8(2)17(7-13(14,15)16)11-5-4-10(9(3)19)6-12(11)18(20)21/h4-6,8-9,19H,7H2,1-3H3. The van der Waals surface area contributed by atoms with Gasteiger partial charge >= 0.3 is 6.18 Å². The van der Waals surface area contributed by atoms with Gasteiger partial charge < -0.3 is 10.0 Å². The van der Waals surface area contributed by atoms with E-state index in [0.717, 1.165) is 11.0 Å². The van der Waals surface area contributed by atoms with Gasteiger partial charge in [-0.05, 0) is 32.4 Å². The van der Waals surface area contributed by atoms with Crippen LogP contribution in [0.2, 0.25) is 0 Å². The molecule has 1 unspecified atom stereocenters. The molecule has 1 rings (SSSR count). The lowest BCUT2D eigenvalue weighted by atomic mass is 10.1. The van der Waals surface area contributed by atoms with Crippen molar-refractivity contribution in [2.45, 2.75) is 39.1 Å². The number of benzene rings is 1. The second-order valence-electron chi connectivity index (χ2n) is 5.02. The monoisotopic (exact) mass is 306 g/mol. The first-order valence-corrected chi connectivity index (χ1v) is 6.32. The molecule has 0 fully saturated rings. The second-order valence-corrected chi connectivity index (χ2v) is 5.02. The molecule has 0 amide bonds. The van der Waals surface area contributed by atoms with Gasteiger partial charge in [-0.25, -0.2) is 0 Å². The first-order valence-electron chi connectivity index (χ1n) is 6.32. The molecule has 0 aromatic heterocycles. The molecule has 0 radical (unpaired) electrons. The summed E-state index contributed by atoms with van der Waals surface area (Å²) in [6, 6.07) is 3.17. The summed E-state index contributed by atoms with van der Waals surface area (Å²) in [7, 11) is 0. The predicted octanol–water partition coefficient (Wildman–Crippen LogP) is 3.43. The van der Waals surface area contributed by atoms with Crippen LogP contribution in [0.15, 0.2) is 18.2 Å². The zero-order valence-electron chi connectivity index (χ0n) is 11.9. The van der Waals surface area contributed by atoms with Crippen molar-refractivity contribution < 1.29 is 23.2 Å². The summed E-state index contributed by atoms with van der Waals surface area (Å²) < 4.78 is 37.9. The highest BCUT2D eigenvalue weighted by atomic mass is 19.4. The van der Waals surface area contributed by atoms with Gasteiger partial charge in [0.15, 0.2) is 0 Å². The third-order valence-corrected chi connectivity index (χ3v) is 2.96. The lowest BCUT2D eigenvalue weighted by Crippen LogP contribution is -2.39. The number of halogens is 3. The van der Waals surface area contributed by atoms with E-state index in [-0.39, 0.29) is 11.3 Å². The van der Waals surface area contributed by atoms with E-state index >= 15 is 0 Å². The Morgan fingerprint density at radius 3 is 2.29 bits per heavy atom. The van der Waals surface area contributed by atoms with Crippen LogP contribution < -0.4 is 4.90 Å². The number of nitrogens with zero attached hydrogens (tertiary/aromatic N) is 2. The third-order valence-electron chi connectivity index (χ3n) is 2.96. The van der Waals surface area contributed by atoms with Crippen LogP contribution >= 0.6 is 0 Å². The van der Waals surface area contributed by atoms with Crippen LogP contribution in [0.1, 0.15) is 32.4 Å². The molecule has 0 aliphatic carbocycles. The summed E-state index contributed by atoms with van der Waals surface area (Å²) in [5.41, 5.74) is -0.288. The highest BCUT2D eigenvalue weighted by Gasteiger charge is 2.34. The van der Waals surface area contributed by atoms with Crippen LogP contribution in [0.25, 0.3) is 0 Å². The minimum Gasteiger partial charge on any atom is -0.389 e. The van der Waals surface area contributed by atoms with E-state index in [9.17, 15) is 28.4 Å². The molecular formula is C13H17F3N2O3. The normalized spacial score (nSPS) is 13.3. The average molecular weight is 306 g/mol. The molecule has 0 saturated heterocycles. The Balaban J connectivity index is 3.34. The van der Waals surface area contributed by atoms with E-state index in [4.69, 9.17) is 0 Å². The van der Waals surface area contributed by atoms with Gasteiger partial charge in [-0.2, -0.15) is 13.2 Å². The molecule has 0 aliphatic heterocycles. The molecule has 118 valence electrons. The Hall–Kier alpha value is -1.83. The van der Waals surface area contributed by atoms with Crippen molar-refractivity contribution >= 4 is 11.4 Å². The quantitative estimate of drug-likeness (QED) is 0.668. The molecule has 21 heavy (non-hydrogen) atoms. The smallest absolute Gasteiger partial charge is 0.389 e. The number of nitro groups is 1. The molecule has 1 N–H and O–H groups in total. The molecule has 8 heteroatoms. The fourth-order valence-corrected chi connectivity index (χ4v) is 1.93. The third kappa shape index (κ3) is 4.59. The lowest BCUT2D eigenvalue weighted by Gasteiger charge is -2.29. The molecule has 0 spiro atoms. The van der Waals surface area contributed by atoms with Crippen LogP contribution in [0.3, 0.4) is 0 Å². The maximum atomic E-state index is 12.6. The number of hydrogen-bond acceptors (Lipinski definition) is 4. The van der Waals surface area contributed by atoms with Crippen molar-refractivity contribution in [1.29, 1.82) is 0 Å². The van der Waals surface area contributed by atoms with Gasteiger partial charge in [-0.15, -0.1) is 0 Å². The largest absolute Gasteiger partial charge is 0.405 e. The summed E-state index contributed by atoms with van der Waals surface area (Å²) in [4.78, 5) is 11.3. The van der Waals surface area contributed by atoms with E-state index in [2.05, 4.69) is 0 Å². The predicted molar refractivity (Wildman–Crippen MR) is 72.3 cm³/mol. The Labute approximate surface area is 120 Å². The van der Waals surface area contributed by atoms with Crippen molar-refractivity contribution in [1.82, 2.24) is 0 Å². The minimum atomic E-state index is -4.47. The van der Waals surface area contributed by atoms with E-state index in [0.29, 0.717) is 0 Å². The molecule has 0 aliphatic rings. The first kappa shape index (κ1) is 17.2. The van der Waals surface area contributed by atoms with Crippen LogP contribution in [0, 0.1) is 10.1 Å². The molecule has 1 aromatic carbocycles. The number of hydrogen-bond donors (Lipinski definition) is 1. The van der Waals surface area contributed by atoms with Gasteiger partial charge in [0.25, 0.3) is 5.69 Å². The summed E-state index contributed by atoms with van der Waals surface area (Å²) in [5, 5.41) is 20.5. The van der Waals surface area contributed by atoms with E-state index in [1.54, 1.807) is 0 Å². The Morgan fingerprint density at radius 1 is 1.33 bits per heavy atom.